The van der Waals surface area contributed by atoms with Crippen molar-refractivity contribution < 1.29 is 14.4 Å². The maximum absolute atomic E-state index is 12.9. The fraction of sp³-hybridized carbons (Fsp3) is 0.348. The molecular weight excluding hydrogens is 380 g/mol. The Morgan fingerprint density at radius 1 is 1.07 bits per heavy atom. The van der Waals surface area contributed by atoms with Crippen LogP contribution >= 0.6 is 0 Å². The third-order valence-corrected chi connectivity index (χ3v) is 6.13. The lowest BCUT2D eigenvalue weighted by molar-refractivity contribution is -0.136. The number of nitrogens with zero attached hydrogens (tertiary/aromatic N) is 2. The van der Waals surface area contributed by atoms with Gasteiger partial charge in [-0.3, -0.25) is 19.7 Å². The van der Waals surface area contributed by atoms with Gasteiger partial charge in [-0.05, 0) is 42.2 Å². The molecule has 1 saturated heterocycles. The van der Waals surface area contributed by atoms with Crippen molar-refractivity contribution >= 4 is 29.1 Å². The second-order valence-corrected chi connectivity index (χ2v) is 8.11. The van der Waals surface area contributed by atoms with E-state index < -0.39 is 6.04 Å². The summed E-state index contributed by atoms with van der Waals surface area (Å²) in [4.78, 5) is 40.5. The Hall–Kier alpha value is -3.35. The summed E-state index contributed by atoms with van der Waals surface area (Å²) >= 11 is 0. The molecular formula is C23H24N4O3. The van der Waals surface area contributed by atoms with Crippen LogP contribution in [0.4, 0.5) is 11.4 Å². The number of rotatable bonds is 3. The minimum atomic E-state index is -0.574. The lowest BCUT2D eigenvalue weighted by atomic mass is 10.0. The van der Waals surface area contributed by atoms with Crippen LogP contribution in [0.3, 0.4) is 0 Å². The molecule has 2 N–H and O–H groups in total. The van der Waals surface area contributed by atoms with E-state index in [0.717, 1.165) is 42.9 Å². The topological polar surface area (TPSA) is 81.8 Å². The van der Waals surface area contributed by atoms with Gasteiger partial charge in [0.05, 0.1) is 11.4 Å². The molecule has 154 valence electrons. The summed E-state index contributed by atoms with van der Waals surface area (Å²) in [6.45, 7) is 3.08. The second-order valence-electron chi connectivity index (χ2n) is 8.11. The molecule has 0 radical (unpaired) electrons. The number of nitrogens with one attached hydrogen (secondary N) is 2. The normalized spacial score (nSPS) is 20.9. The van der Waals surface area contributed by atoms with E-state index in [-0.39, 0.29) is 24.1 Å². The molecule has 5 rings (SSSR count). The highest BCUT2D eigenvalue weighted by Crippen LogP contribution is 2.31. The Kier molecular flexibility index (Phi) is 4.65. The molecule has 2 aromatic carbocycles. The summed E-state index contributed by atoms with van der Waals surface area (Å²) in [5, 5.41) is 5.83. The molecule has 3 aliphatic heterocycles. The molecule has 0 aromatic heterocycles. The Balaban J connectivity index is 1.36. The van der Waals surface area contributed by atoms with Gasteiger partial charge >= 0.3 is 0 Å². The van der Waals surface area contributed by atoms with E-state index >= 15 is 0 Å². The molecule has 1 atom stereocenters. The molecule has 0 bridgehead atoms. The highest BCUT2D eigenvalue weighted by molar-refractivity contribution is 6.05. The number of hydrogen-bond acceptors (Lipinski definition) is 5. The van der Waals surface area contributed by atoms with Gasteiger partial charge in [-0.1, -0.05) is 24.3 Å². The lowest BCUT2D eigenvalue weighted by Crippen LogP contribution is -2.52. The van der Waals surface area contributed by atoms with Crippen molar-refractivity contribution in [2.75, 3.05) is 23.3 Å². The molecule has 0 spiro atoms. The van der Waals surface area contributed by atoms with Gasteiger partial charge in [-0.15, -0.1) is 0 Å². The molecule has 0 saturated carbocycles. The fourth-order valence-electron chi connectivity index (χ4n) is 4.62. The Morgan fingerprint density at radius 3 is 2.80 bits per heavy atom. The molecule has 3 aliphatic rings. The van der Waals surface area contributed by atoms with Gasteiger partial charge in [0, 0.05) is 38.2 Å². The van der Waals surface area contributed by atoms with Crippen molar-refractivity contribution in [1.82, 2.24) is 10.2 Å². The SMILES string of the molecule is O=C1CCC(N2Cc3cc(CN4CCCNc5ccccc54)ccc3C2=O)C(=O)N1. The number of piperidine rings is 1. The summed E-state index contributed by atoms with van der Waals surface area (Å²) in [6.07, 6.45) is 1.71. The number of hydrogen-bond donors (Lipinski definition) is 2. The zero-order chi connectivity index (χ0) is 20.7. The smallest absolute Gasteiger partial charge is 0.255 e. The van der Waals surface area contributed by atoms with Gasteiger partial charge in [0.2, 0.25) is 11.8 Å². The first kappa shape index (κ1) is 18.7. The quantitative estimate of drug-likeness (QED) is 0.767. The van der Waals surface area contributed by atoms with Crippen molar-refractivity contribution in [3.8, 4) is 0 Å². The number of carbonyl (C=O) groups is 3. The molecule has 7 nitrogen and oxygen atoms in total. The molecule has 0 aliphatic carbocycles. The average Bonchev–Trinajstić information content (AvgIpc) is 2.92. The average molecular weight is 404 g/mol. The van der Waals surface area contributed by atoms with Gasteiger partial charge in [0.25, 0.3) is 5.91 Å². The number of benzene rings is 2. The van der Waals surface area contributed by atoms with Crippen LogP contribution in [0.25, 0.3) is 0 Å². The maximum atomic E-state index is 12.9. The number of para-hydroxylation sites is 2. The number of carbonyl (C=O) groups excluding carboxylic acids is 3. The lowest BCUT2D eigenvalue weighted by Gasteiger charge is -2.29. The number of fused-ring (bicyclic) bond motifs is 2. The number of anilines is 2. The van der Waals surface area contributed by atoms with Gasteiger partial charge < -0.3 is 15.1 Å². The first-order valence-corrected chi connectivity index (χ1v) is 10.4. The van der Waals surface area contributed by atoms with Gasteiger partial charge in [0.1, 0.15) is 6.04 Å². The Bertz CT molecular complexity index is 1030. The molecule has 3 heterocycles. The predicted octanol–water partition coefficient (Wildman–Crippen LogP) is 2.27. The maximum Gasteiger partial charge on any atom is 0.255 e. The van der Waals surface area contributed by atoms with Crippen molar-refractivity contribution in [1.29, 1.82) is 0 Å². The van der Waals surface area contributed by atoms with E-state index in [2.05, 4.69) is 39.8 Å². The zero-order valence-electron chi connectivity index (χ0n) is 16.7. The third-order valence-electron chi connectivity index (χ3n) is 6.13. The van der Waals surface area contributed by atoms with E-state index in [1.807, 2.05) is 18.2 Å². The van der Waals surface area contributed by atoms with Crippen LogP contribution in [0, 0.1) is 0 Å². The van der Waals surface area contributed by atoms with Gasteiger partial charge in [0.15, 0.2) is 0 Å². The van der Waals surface area contributed by atoms with E-state index in [1.165, 1.54) is 5.69 Å². The largest absolute Gasteiger partial charge is 0.383 e. The van der Waals surface area contributed by atoms with E-state index in [1.54, 1.807) is 4.90 Å². The molecule has 1 fully saturated rings. The summed E-state index contributed by atoms with van der Waals surface area (Å²) < 4.78 is 0. The van der Waals surface area contributed by atoms with Crippen molar-refractivity contribution in [3.05, 3.63) is 59.2 Å². The zero-order valence-corrected chi connectivity index (χ0v) is 16.7. The standard InChI is InChI=1S/C23H24N4O3/c28-21-9-8-20(22(29)25-21)27-14-16-12-15(6-7-17(16)23(27)30)13-26-11-3-10-24-18-4-1-2-5-19(18)26/h1-2,4-7,12,20,24H,3,8-11,13-14H2,(H,25,28,29). The van der Waals surface area contributed by atoms with E-state index in [4.69, 9.17) is 0 Å². The summed E-state index contributed by atoms with van der Waals surface area (Å²) in [6, 6.07) is 13.7. The van der Waals surface area contributed by atoms with Crippen molar-refractivity contribution in [2.24, 2.45) is 0 Å². The van der Waals surface area contributed by atoms with Crippen molar-refractivity contribution in [2.45, 2.75) is 38.4 Å². The molecule has 7 heteroatoms. The van der Waals surface area contributed by atoms with Crippen LogP contribution in [0.2, 0.25) is 0 Å². The highest BCUT2D eigenvalue weighted by atomic mass is 16.2. The third kappa shape index (κ3) is 3.30. The minimum absolute atomic E-state index is 0.129. The second kappa shape index (κ2) is 7.48. The Labute approximate surface area is 175 Å². The monoisotopic (exact) mass is 404 g/mol. The molecule has 30 heavy (non-hydrogen) atoms. The van der Waals surface area contributed by atoms with Crippen LogP contribution in [0.5, 0.6) is 0 Å². The Morgan fingerprint density at radius 2 is 1.93 bits per heavy atom. The first-order valence-electron chi connectivity index (χ1n) is 10.4. The summed E-state index contributed by atoms with van der Waals surface area (Å²) in [5.74, 6) is -0.772. The van der Waals surface area contributed by atoms with E-state index in [9.17, 15) is 14.4 Å². The van der Waals surface area contributed by atoms with Crippen LogP contribution in [0.15, 0.2) is 42.5 Å². The summed E-state index contributed by atoms with van der Waals surface area (Å²) in [5.41, 5.74) is 5.08. The van der Waals surface area contributed by atoms with Crippen LogP contribution < -0.4 is 15.5 Å². The number of amides is 3. The highest BCUT2D eigenvalue weighted by Gasteiger charge is 2.39. The minimum Gasteiger partial charge on any atom is -0.383 e. The van der Waals surface area contributed by atoms with Crippen LogP contribution in [-0.4, -0.2) is 41.8 Å². The first-order chi connectivity index (χ1) is 14.6. The van der Waals surface area contributed by atoms with Crippen LogP contribution in [-0.2, 0) is 22.7 Å². The van der Waals surface area contributed by atoms with Crippen molar-refractivity contribution in [3.63, 3.8) is 0 Å². The predicted molar refractivity (Wildman–Crippen MR) is 113 cm³/mol. The summed E-state index contributed by atoms with van der Waals surface area (Å²) in [7, 11) is 0. The van der Waals surface area contributed by atoms with Gasteiger partial charge in [-0.2, -0.15) is 0 Å². The molecule has 2 aromatic rings. The van der Waals surface area contributed by atoms with E-state index in [0.29, 0.717) is 18.5 Å². The van der Waals surface area contributed by atoms with Crippen LogP contribution in [0.1, 0.15) is 40.7 Å². The molecule has 1 unspecified atom stereocenters. The number of imide groups is 1. The fourth-order valence-corrected chi connectivity index (χ4v) is 4.62. The molecule has 3 amide bonds. The van der Waals surface area contributed by atoms with Gasteiger partial charge in [-0.25, -0.2) is 0 Å².